The first kappa shape index (κ1) is 13.1. The average molecular weight is 259 g/mol. The van der Waals surface area contributed by atoms with Gasteiger partial charge in [-0.25, -0.2) is 0 Å². The monoisotopic (exact) mass is 259 g/mol. The Balaban J connectivity index is 1.84. The summed E-state index contributed by atoms with van der Waals surface area (Å²) in [5.74, 6) is 0.666. The number of ether oxygens (including phenoxy) is 1. The van der Waals surface area contributed by atoms with Gasteiger partial charge in [0.15, 0.2) is 0 Å². The number of hydrogen-bond acceptors (Lipinski definition) is 3. The summed E-state index contributed by atoms with van der Waals surface area (Å²) in [6, 6.07) is 9.53. The molecule has 5 nitrogen and oxygen atoms in total. The van der Waals surface area contributed by atoms with Crippen LogP contribution in [0, 0.1) is 6.92 Å². The summed E-state index contributed by atoms with van der Waals surface area (Å²) >= 11 is 0. The maximum Gasteiger partial charge on any atom is 0.271 e. The van der Waals surface area contributed by atoms with Gasteiger partial charge in [0.1, 0.15) is 11.4 Å². The number of methoxy groups -OCH3 is 1. The van der Waals surface area contributed by atoms with Crippen LogP contribution in [0.1, 0.15) is 21.7 Å². The van der Waals surface area contributed by atoms with Crippen molar-refractivity contribution in [2.75, 3.05) is 13.7 Å². The van der Waals surface area contributed by atoms with Crippen LogP contribution in [-0.2, 0) is 6.42 Å². The first-order valence-electron chi connectivity index (χ1n) is 6.12. The van der Waals surface area contributed by atoms with Crippen LogP contribution in [0.5, 0.6) is 5.75 Å². The zero-order valence-corrected chi connectivity index (χ0v) is 11.1. The third kappa shape index (κ3) is 3.58. The van der Waals surface area contributed by atoms with E-state index in [1.807, 2.05) is 31.2 Å². The van der Waals surface area contributed by atoms with Crippen molar-refractivity contribution < 1.29 is 9.53 Å². The Kier molecular flexibility index (Phi) is 4.18. The molecule has 0 aliphatic carbocycles. The van der Waals surface area contributed by atoms with Crippen LogP contribution in [-0.4, -0.2) is 29.8 Å². The summed E-state index contributed by atoms with van der Waals surface area (Å²) in [5.41, 5.74) is 2.42. The van der Waals surface area contributed by atoms with Crippen molar-refractivity contribution in [3.05, 3.63) is 47.3 Å². The van der Waals surface area contributed by atoms with Crippen molar-refractivity contribution in [3.8, 4) is 5.75 Å². The molecule has 0 aliphatic heterocycles. The van der Waals surface area contributed by atoms with E-state index in [4.69, 9.17) is 4.74 Å². The predicted molar refractivity (Wildman–Crippen MR) is 72.4 cm³/mol. The molecule has 5 heteroatoms. The first-order valence-corrected chi connectivity index (χ1v) is 6.12. The molecule has 100 valence electrons. The number of H-pyrrole nitrogens is 1. The first-order chi connectivity index (χ1) is 9.19. The zero-order valence-electron chi connectivity index (χ0n) is 11.1. The molecule has 2 N–H and O–H groups in total. The van der Waals surface area contributed by atoms with Gasteiger partial charge in [-0.3, -0.25) is 9.89 Å². The quantitative estimate of drug-likeness (QED) is 0.858. The molecule has 0 saturated carbocycles. The molecule has 1 amide bonds. The van der Waals surface area contributed by atoms with E-state index in [0.717, 1.165) is 23.4 Å². The number of hydrogen-bond donors (Lipinski definition) is 2. The Morgan fingerprint density at radius 1 is 1.42 bits per heavy atom. The van der Waals surface area contributed by atoms with Crippen LogP contribution in [0.3, 0.4) is 0 Å². The predicted octanol–water partition coefficient (Wildman–Crippen LogP) is 1.70. The van der Waals surface area contributed by atoms with E-state index in [9.17, 15) is 4.79 Å². The van der Waals surface area contributed by atoms with E-state index < -0.39 is 0 Å². The lowest BCUT2D eigenvalue weighted by Gasteiger charge is -2.05. The third-order valence-electron chi connectivity index (χ3n) is 2.77. The Morgan fingerprint density at radius 3 is 2.95 bits per heavy atom. The summed E-state index contributed by atoms with van der Waals surface area (Å²) < 4.78 is 5.15. The lowest BCUT2D eigenvalue weighted by molar-refractivity contribution is 0.0949. The second-order valence-corrected chi connectivity index (χ2v) is 4.29. The van der Waals surface area contributed by atoms with Gasteiger partial charge >= 0.3 is 0 Å². The standard InChI is InChI=1S/C14H17N3O2/c1-10-8-13(17-16-10)14(18)15-7-6-11-4-3-5-12(9-11)19-2/h3-5,8-9H,6-7H2,1-2H3,(H,15,18)(H,16,17). The van der Waals surface area contributed by atoms with Gasteiger partial charge in [-0.2, -0.15) is 5.10 Å². The molecule has 0 radical (unpaired) electrons. The number of amides is 1. The summed E-state index contributed by atoms with van der Waals surface area (Å²) in [7, 11) is 1.64. The van der Waals surface area contributed by atoms with E-state index in [-0.39, 0.29) is 5.91 Å². The van der Waals surface area contributed by atoms with Crippen LogP contribution in [0.2, 0.25) is 0 Å². The molecule has 0 unspecified atom stereocenters. The fraction of sp³-hybridized carbons (Fsp3) is 0.286. The van der Waals surface area contributed by atoms with Crippen molar-refractivity contribution in [2.45, 2.75) is 13.3 Å². The molecule has 1 aromatic heterocycles. The van der Waals surface area contributed by atoms with Crippen molar-refractivity contribution in [1.82, 2.24) is 15.5 Å². The van der Waals surface area contributed by atoms with E-state index >= 15 is 0 Å². The molecule has 0 spiro atoms. The van der Waals surface area contributed by atoms with E-state index in [0.29, 0.717) is 12.2 Å². The second kappa shape index (κ2) is 6.04. The van der Waals surface area contributed by atoms with E-state index in [1.165, 1.54) is 0 Å². The molecule has 2 aromatic rings. The minimum atomic E-state index is -0.160. The molecule has 0 bridgehead atoms. The van der Waals surface area contributed by atoms with Crippen LogP contribution in [0.25, 0.3) is 0 Å². The summed E-state index contributed by atoms with van der Waals surface area (Å²) in [6.45, 7) is 2.43. The summed E-state index contributed by atoms with van der Waals surface area (Å²) in [4.78, 5) is 11.8. The van der Waals surface area contributed by atoms with Crippen molar-refractivity contribution in [2.24, 2.45) is 0 Å². The maximum atomic E-state index is 11.8. The molecule has 1 aromatic carbocycles. The van der Waals surface area contributed by atoms with Gasteiger partial charge in [0.05, 0.1) is 7.11 Å². The minimum Gasteiger partial charge on any atom is -0.497 e. The minimum absolute atomic E-state index is 0.160. The largest absolute Gasteiger partial charge is 0.497 e. The number of aryl methyl sites for hydroxylation is 1. The normalized spacial score (nSPS) is 10.2. The highest BCUT2D eigenvalue weighted by Crippen LogP contribution is 2.12. The number of aromatic nitrogens is 2. The van der Waals surface area contributed by atoms with E-state index in [1.54, 1.807) is 13.2 Å². The smallest absolute Gasteiger partial charge is 0.271 e. The summed E-state index contributed by atoms with van der Waals surface area (Å²) in [5, 5.41) is 9.49. The SMILES string of the molecule is COc1cccc(CCNC(=O)c2cc(C)[nH]n2)c1. The lowest BCUT2D eigenvalue weighted by Crippen LogP contribution is -2.26. The summed E-state index contributed by atoms with van der Waals surface area (Å²) in [6.07, 6.45) is 0.756. The third-order valence-corrected chi connectivity index (χ3v) is 2.77. The lowest BCUT2D eigenvalue weighted by atomic mass is 10.1. The highest BCUT2D eigenvalue weighted by atomic mass is 16.5. The Morgan fingerprint density at radius 2 is 2.26 bits per heavy atom. The Labute approximate surface area is 112 Å². The molecule has 0 atom stereocenters. The van der Waals surface area contributed by atoms with Crippen LogP contribution in [0.15, 0.2) is 30.3 Å². The van der Waals surface area contributed by atoms with Gasteiger partial charge < -0.3 is 10.1 Å². The maximum absolute atomic E-state index is 11.8. The zero-order chi connectivity index (χ0) is 13.7. The van der Waals surface area contributed by atoms with Gasteiger partial charge in [0, 0.05) is 12.2 Å². The topological polar surface area (TPSA) is 67.0 Å². The van der Waals surface area contributed by atoms with Crippen molar-refractivity contribution >= 4 is 5.91 Å². The number of aromatic amines is 1. The van der Waals surface area contributed by atoms with Crippen LogP contribution >= 0.6 is 0 Å². The van der Waals surface area contributed by atoms with E-state index in [2.05, 4.69) is 15.5 Å². The Hall–Kier alpha value is -2.30. The second-order valence-electron chi connectivity index (χ2n) is 4.29. The molecule has 19 heavy (non-hydrogen) atoms. The van der Waals surface area contributed by atoms with Crippen LogP contribution < -0.4 is 10.1 Å². The van der Waals surface area contributed by atoms with Gasteiger partial charge in [0.25, 0.3) is 5.91 Å². The number of nitrogens with zero attached hydrogens (tertiary/aromatic N) is 1. The number of rotatable bonds is 5. The Bertz CT molecular complexity index is 563. The molecular weight excluding hydrogens is 242 g/mol. The fourth-order valence-electron chi connectivity index (χ4n) is 1.77. The number of carbonyl (C=O) groups excluding carboxylic acids is 1. The van der Waals surface area contributed by atoms with Gasteiger partial charge in [0.2, 0.25) is 0 Å². The highest BCUT2D eigenvalue weighted by Gasteiger charge is 2.08. The molecule has 0 aliphatic rings. The molecule has 1 heterocycles. The van der Waals surface area contributed by atoms with Gasteiger partial charge in [-0.05, 0) is 37.1 Å². The van der Waals surface area contributed by atoms with Crippen LogP contribution in [0.4, 0.5) is 0 Å². The highest BCUT2D eigenvalue weighted by molar-refractivity contribution is 5.92. The van der Waals surface area contributed by atoms with Gasteiger partial charge in [-0.1, -0.05) is 12.1 Å². The number of carbonyl (C=O) groups is 1. The van der Waals surface area contributed by atoms with Crippen molar-refractivity contribution in [1.29, 1.82) is 0 Å². The molecular formula is C14H17N3O2. The number of benzene rings is 1. The average Bonchev–Trinajstić information content (AvgIpc) is 2.86. The fourth-order valence-corrected chi connectivity index (χ4v) is 1.77. The van der Waals surface area contributed by atoms with Gasteiger partial charge in [-0.15, -0.1) is 0 Å². The molecule has 0 saturated heterocycles. The number of nitrogens with one attached hydrogen (secondary N) is 2. The van der Waals surface area contributed by atoms with Crippen molar-refractivity contribution in [3.63, 3.8) is 0 Å². The molecule has 2 rings (SSSR count). The molecule has 0 fully saturated rings.